The van der Waals surface area contributed by atoms with E-state index in [1.807, 2.05) is 0 Å². The van der Waals surface area contributed by atoms with Crippen LogP contribution < -0.4 is 5.32 Å². The number of amides is 1. The van der Waals surface area contributed by atoms with Gasteiger partial charge in [-0.3, -0.25) is 4.79 Å². The Hall–Kier alpha value is -2.67. The van der Waals surface area contributed by atoms with Gasteiger partial charge in [-0.15, -0.1) is 0 Å². The molecule has 2 aromatic rings. The number of aliphatic hydroxyl groups is 1. The van der Waals surface area contributed by atoms with Crippen molar-refractivity contribution in [1.82, 2.24) is 10.3 Å². The van der Waals surface area contributed by atoms with E-state index in [4.69, 9.17) is 4.74 Å². The lowest BCUT2D eigenvalue weighted by atomic mass is 10.1. The molecule has 0 spiro atoms. The van der Waals surface area contributed by atoms with Gasteiger partial charge >= 0.3 is 5.97 Å². The van der Waals surface area contributed by atoms with Crippen molar-refractivity contribution < 1.29 is 23.8 Å². The van der Waals surface area contributed by atoms with Crippen molar-refractivity contribution in [2.45, 2.75) is 39.8 Å². The summed E-state index contributed by atoms with van der Waals surface area (Å²) in [5, 5.41) is 12.4. The molecule has 1 aromatic carbocycles. The Kier molecular flexibility index (Phi) is 6.15. The molecule has 0 saturated carbocycles. The molecule has 0 aliphatic heterocycles. The van der Waals surface area contributed by atoms with Gasteiger partial charge in [-0.05, 0) is 51.0 Å². The molecule has 0 aliphatic rings. The lowest BCUT2D eigenvalue weighted by Gasteiger charge is -2.14. The van der Waals surface area contributed by atoms with Crippen LogP contribution >= 0.6 is 0 Å². The third-order valence-corrected chi connectivity index (χ3v) is 4.20. The monoisotopic (exact) mass is 362 g/mol. The molecule has 2 atom stereocenters. The van der Waals surface area contributed by atoms with Crippen LogP contribution in [0.2, 0.25) is 0 Å². The number of H-pyrrole nitrogens is 1. The van der Waals surface area contributed by atoms with E-state index in [9.17, 15) is 19.1 Å². The van der Waals surface area contributed by atoms with Gasteiger partial charge in [0.15, 0.2) is 6.61 Å². The normalized spacial score (nSPS) is 13.2. The number of hydrogen-bond acceptors (Lipinski definition) is 4. The molecule has 0 bridgehead atoms. The quantitative estimate of drug-likeness (QED) is 0.689. The molecule has 6 nitrogen and oxygen atoms in total. The number of ether oxygens (including phenoxy) is 1. The summed E-state index contributed by atoms with van der Waals surface area (Å²) in [5.74, 6) is -1.48. The molecular weight excluding hydrogens is 339 g/mol. The topological polar surface area (TPSA) is 91.4 Å². The number of carbonyl (C=O) groups excluding carboxylic acids is 2. The van der Waals surface area contributed by atoms with Crippen molar-refractivity contribution in [2.24, 2.45) is 0 Å². The van der Waals surface area contributed by atoms with E-state index in [1.54, 1.807) is 39.8 Å². The fourth-order valence-electron chi connectivity index (χ4n) is 2.92. The number of aromatic amines is 1. The smallest absolute Gasteiger partial charge is 0.355 e. The van der Waals surface area contributed by atoms with Gasteiger partial charge in [0.25, 0.3) is 5.91 Å². The van der Waals surface area contributed by atoms with E-state index >= 15 is 0 Å². The van der Waals surface area contributed by atoms with E-state index in [2.05, 4.69) is 10.3 Å². The molecule has 0 saturated heterocycles. The second-order valence-corrected chi connectivity index (χ2v) is 6.26. The van der Waals surface area contributed by atoms with Gasteiger partial charge in [0.05, 0.1) is 12.1 Å². The van der Waals surface area contributed by atoms with Crippen LogP contribution in [-0.4, -0.2) is 28.6 Å². The molecular formula is C19H23FN2O4. The van der Waals surface area contributed by atoms with Crippen LogP contribution in [0.5, 0.6) is 0 Å². The number of hydrogen-bond donors (Lipinski definition) is 3. The first kappa shape index (κ1) is 19.7. The first-order valence-electron chi connectivity index (χ1n) is 8.29. The Morgan fingerprint density at radius 1 is 1.23 bits per heavy atom. The highest BCUT2D eigenvalue weighted by molar-refractivity contribution is 5.91. The number of halogens is 1. The molecule has 0 fully saturated rings. The summed E-state index contributed by atoms with van der Waals surface area (Å²) in [4.78, 5) is 27.1. The molecule has 3 N–H and O–H groups in total. The van der Waals surface area contributed by atoms with Crippen molar-refractivity contribution in [3.63, 3.8) is 0 Å². The zero-order valence-corrected chi connectivity index (χ0v) is 15.2. The standard InChI is InChI=1S/C19H23FN2O4/c1-10-17(13(4)23)12(3)22-18(10)19(25)26-9-16(24)21-11(2)14-5-7-15(20)8-6-14/h5-8,11,13,22-23H,9H2,1-4H3,(H,21,24)/t11-,13-/m1/s1. The predicted molar refractivity (Wildman–Crippen MR) is 94.1 cm³/mol. The van der Waals surface area contributed by atoms with Crippen molar-refractivity contribution in [1.29, 1.82) is 0 Å². The van der Waals surface area contributed by atoms with Gasteiger partial charge in [-0.1, -0.05) is 12.1 Å². The summed E-state index contributed by atoms with van der Waals surface area (Å²) in [6.45, 7) is 6.39. The van der Waals surface area contributed by atoms with E-state index in [-0.39, 0.29) is 17.6 Å². The lowest BCUT2D eigenvalue weighted by molar-refractivity contribution is -0.124. The van der Waals surface area contributed by atoms with E-state index in [0.717, 1.165) is 5.56 Å². The number of aliphatic hydroxyl groups excluding tert-OH is 1. The first-order chi connectivity index (χ1) is 12.2. The number of nitrogens with one attached hydrogen (secondary N) is 2. The van der Waals surface area contributed by atoms with E-state index < -0.39 is 24.6 Å². The minimum atomic E-state index is -0.715. The van der Waals surface area contributed by atoms with Crippen LogP contribution in [0.3, 0.4) is 0 Å². The van der Waals surface area contributed by atoms with Gasteiger partial charge in [-0.25, -0.2) is 9.18 Å². The number of aromatic nitrogens is 1. The average Bonchev–Trinajstić information content (AvgIpc) is 2.87. The fraction of sp³-hybridized carbons (Fsp3) is 0.368. The first-order valence-corrected chi connectivity index (χ1v) is 8.29. The van der Waals surface area contributed by atoms with E-state index in [0.29, 0.717) is 16.8 Å². The van der Waals surface area contributed by atoms with Crippen LogP contribution in [0.1, 0.15) is 58.9 Å². The second-order valence-electron chi connectivity index (χ2n) is 6.26. The molecule has 1 aromatic heterocycles. The molecule has 0 radical (unpaired) electrons. The maximum Gasteiger partial charge on any atom is 0.355 e. The minimum Gasteiger partial charge on any atom is -0.451 e. The average molecular weight is 362 g/mol. The third-order valence-electron chi connectivity index (χ3n) is 4.20. The molecule has 140 valence electrons. The fourth-order valence-corrected chi connectivity index (χ4v) is 2.92. The molecule has 1 amide bonds. The van der Waals surface area contributed by atoms with Crippen LogP contribution in [0.25, 0.3) is 0 Å². The summed E-state index contributed by atoms with van der Waals surface area (Å²) < 4.78 is 18.0. The number of esters is 1. The van der Waals surface area contributed by atoms with Crippen LogP contribution in [0.15, 0.2) is 24.3 Å². The van der Waals surface area contributed by atoms with Crippen LogP contribution in [0, 0.1) is 19.7 Å². The third kappa shape index (κ3) is 4.49. The highest BCUT2D eigenvalue weighted by atomic mass is 19.1. The largest absolute Gasteiger partial charge is 0.451 e. The summed E-state index contributed by atoms with van der Waals surface area (Å²) in [6, 6.07) is 5.43. The summed E-state index contributed by atoms with van der Waals surface area (Å²) in [5.41, 5.74) is 2.88. The predicted octanol–water partition coefficient (Wildman–Crippen LogP) is 2.86. The SMILES string of the molecule is Cc1[nH]c(C(=O)OCC(=O)N[C@H](C)c2ccc(F)cc2)c(C)c1[C@@H](C)O. The zero-order valence-electron chi connectivity index (χ0n) is 15.2. The molecule has 26 heavy (non-hydrogen) atoms. The molecule has 0 unspecified atom stereocenters. The van der Waals surface area contributed by atoms with Crippen LogP contribution in [0.4, 0.5) is 4.39 Å². The lowest BCUT2D eigenvalue weighted by Crippen LogP contribution is -2.31. The Balaban J connectivity index is 1.94. The second kappa shape index (κ2) is 8.14. The van der Waals surface area contributed by atoms with Gasteiger partial charge in [0, 0.05) is 11.3 Å². The zero-order chi connectivity index (χ0) is 19.4. The summed E-state index contributed by atoms with van der Waals surface area (Å²) in [6.07, 6.45) is -0.715. The summed E-state index contributed by atoms with van der Waals surface area (Å²) >= 11 is 0. The number of benzene rings is 1. The Bertz CT molecular complexity index is 797. The molecule has 7 heteroatoms. The van der Waals surface area contributed by atoms with Gasteiger partial charge in [0.1, 0.15) is 11.5 Å². The molecule has 2 rings (SSSR count). The number of carbonyl (C=O) groups is 2. The van der Waals surface area contributed by atoms with Crippen molar-refractivity contribution >= 4 is 11.9 Å². The maximum absolute atomic E-state index is 12.9. The Morgan fingerprint density at radius 2 is 1.85 bits per heavy atom. The Morgan fingerprint density at radius 3 is 2.38 bits per heavy atom. The minimum absolute atomic E-state index is 0.220. The molecule has 0 aliphatic carbocycles. The van der Waals surface area contributed by atoms with Gasteiger partial charge in [0.2, 0.25) is 0 Å². The van der Waals surface area contributed by atoms with E-state index in [1.165, 1.54) is 12.1 Å². The maximum atomic E-state index is 12.9. The number of rotatable bonds is 6. The van der Waals surface area contributed by atoms with Gasteiger partial charge < -0.3 is 20.1 Å². The highest BCUT2D eigenvalue weighted by Crippen LogP contribution is 2.24. The van der Waals surface area contributed by atoms with Crippen molar-refractivity contribution in [3.8, 4) is 0 Å². The van der Waals surface area contributed by atoms with Crippen LogP contribution in [-0.2, 0) is 9.53 Å². The highest BCUT2D eigenvalue weighted by Gasteiger charge is 2.21. The van der Waals surface area contributed by atoms with Crippen molar-refractivity contribution in [3.05, 3.63) is 58.2 Å². The molecule has 1 heterocycles. The summed E-state index contributed by atoms with van der Waals surface area (Å²) in [7, 11) is 0. The van der Waals surface area contributed by atoms with Gasteiger partial charge in [-0.2, -0.15) is 0 Å². The Labute approximate surface area is 151 Å². The van der Waals surface area contributed by atoms with Crippen molar-refractivity contribution in [2.75, 3.05) is 6.61 Å². The number of aryl methyl sites for hydroxylation is 1.